The number of nitrogens with one attached hydrogen (secondary N) is 1. The van der Waals surface area contributed by atoms with Gasteiger partial charge in [0, 0.05) is 12.5 Å². The molecule has 1 rings (SSSR count). The number of carbonyl (C=O) groups excluding carboxylic acids is 1. The summed E-state index contributed by atoms with van der Waals surface area (Å²) in [5, 5.41) is 5.12. The Hall–Kier alpha value is -0.690. The van der Waals surface area contributed by atoms with Crippen LogP contribution in [0.3, 0.4) is 0 Å². The quantitative estimate of drug-likeness (QED) is 0.832. The predicted octanol–water partition coefficient (Wildman–Crippen LogP) is 1.78. The van der Waals surface area contributed by atoms with Crippen LogP contribution in [0.25, 0.3) is 0 Å². The fraction of sp³-hybridized carbons (Fsp3) is 0.600. The lowest BCUT2D eigenvalue weighted by molar-refractivity contribution is -0.117. The molecular weight excluding hydrogens is 262 g/mol. The molecule has 1 aromatic rings. The van der Waals surface area contributed by atoms with Crippen molar-refractivity contribution >= 4 is 34.8 Å². The summed E-state index contributed by atoms with van der Waals surface area (Å²) >= 11 is 1.37. The first kappa shape index (κ1) is 16.3. The Bertz CT molecular complexity index is 346. The third kappa shape index (κ3) is 5.45. The summed E-state index contributed by atoms with van der Waals surface area (Å²) in [6, 6.07) is -0.459. The summed E-state index contributed by atoms with van der Waals surface area (Å²) in [4.78, 5) is 15.8. The van der Waals surface area contributed by atoms with E-state index >= 15 is 0 Å². The monoisotopic (exact) mass is 279 g/mol. The summed E-state index contributed by atoms with van der Waals surface area (Å²) < 4.78 is 4.94. The van der Waals surface area contributed by atoms with Crippen molar-refractivity contribution in [3.05, 3.63) is 11.1 Å². The minimum absolute atomic E-state index is 0. The van der Waals surface area contributed by atoms with Gasteiger partial charge in [-0.2, -0.15) is 0 Å². The van der Waals surface area contributed by atoms with Crippen LogP contribution in [0.2, 0.25) is 0 Å². The Morgan fingerprint density at radius 1 is 1.71 bits per heavy atom. The van der Waals surface area contributed by atoms with Gasteiger partial charge in [0.2, 0.25) is 5.91 Å². The number of amides is 1. The molecule has 0 aliphatic carbocycles. The number of hydrogen-bond acceptors (Lipinski definition) is 5. The first-order valence-corrected chi connectivity index (χ1v) is 6.05. The van der Waals surface area contributed by atoms with Crippen LogP contribution in [-0.2, 0) is 16.1 Å². The van der Waals surface area contributed by atoms with E-state index in [-0.39, 0.29) is 18.3 Å². The number of halogens is 1. The van der Waals surface area contributed by atoms with Crippen molar-refractivity contribution in [1.29, 1.82) is 0 Å². The molecule has 0 bridgehead atoms. The second-order valence-electron chi connectivity index (χ2n) is 3.46. The number of anilines is 1. The zero-order valence-electron chi connectivity index (χ0n) is 9.93. The summed E-state index contributed by atoms with van der Waals surface area (Å²) in [5.74, 6) is -0.180. The molecule has 0 saturated carbocycles. The fourth-order valence-corrected chi connectivity index (χ4v) is 1.92. The van der Waals surface area contributed by atoms with E-state index in [0.29, 0.717) is 18.2 Å². The third-order valence-electron chi connectivity index (χ3n) is 2.01. The molecule has 7 heteroatoms. The van der Waals surface area contributed by atoms with Crippen LogP contribution in [0.4, 0.5) is 5.13 Å². The molecule has 1 unspecified atom stereocenters. The number of aromatic nitrogens is 1. The highest BCUT2D eigenvalue weighted by Gasteiger charge is 2.13. The van der Waals surface area contributed by atoms with Crippen molar-refractivity contribution in [3.8, 4) is 0 Å². The second-order valence-corrected chi connectivity index (χ2v) is 4.32. The van der Waals surface area contributed by atoms with E-state index in [1.54, 1.807) is 7.11 Å². The SMILES string of the molecule is CCCC(N)C(=O)Nc1nc(COC)cs1.Cl. The number of carbonyl (C=O) groups is 1. The summed E-state index contributed by atoms with van der Waals surface area (Å²) in [7, 11) is 1.61. The lowest BCUT2D eigenvalue weighted by Gasteiger charge is -2.08. The lowest BCUT2D eigenvalue weighted by atomic mass is 10.2. The Labute approximate surface area is 111 Å². The molecule has 0 aromatic carbocycles. The van der Waals surface area contributed by atoms with Crippen LogP contribution < -0.4 is 11.1 Å². The number of thiazole rings is 1. The van der Waals surface area contributed by atoms with E-state index in [4.69, 9.17) is 10.5 Å². The second kappa shape index (κ2) is 8.41. The van der Waals surface area contributed by atoms with Gasteiger partial charge in [-0.15, -0.1) is 23.7 Å². The predicted molar refractivity (Wildman–Crippen MR) is 71.6 cm³/mol. The van der Waals surface area contributed by atoms with Gasteiger partial charge in [0.1, 0.15) is 0 Å². The zero-order chi connectivity index (χ0) is 12.0. The maximum absolute atomic E-state index is 11.6. The Morgan fingerprint density at radius 3 is 3.00 bits per heavy atom. The Morgan fingerprint density at radius 2 is 2.41 bits per heavy atom. The van der Waals surface area contributed by atoms with E-state index in [1.165, 1.54) is 11.3 Å². The smallest absolute Gasteiger partial charge is 0.243 e. The van der Waals surface area contributed by atoms with Crippen LogP contribution in [0.1, 0.15) is 25.5 Å². The molecule has 1 aromatic heterocycles. The van der Waals surface area contributed by atoms with Gasteiger partial charge >= 0.3 is 0 Å². The number of ether oxygens (including phenoxy) is 1. The summed E-state index contributed by atoms with van der Waals surface area (Å²) in [5.41, 5.74) is 6.49. The van der Waals surface area contributed by atoms with Crippen LogP contribution in [-0.4, -0.2) is 24.0 Å². The molecular formula is C10H18ClN3O2S. The van der Waals surface area contributed by atoms with Gasteiger partial charge in [-0.25, -0.2) is 4.98 Å². The minimum Gasteiger partial charge on any atom is -0.378 e. The van der Waals surface area contributed by atoms with Gasteiger partial charge in [0.05, 0.1) is 18.3 Å². The molecule has 1 amide bonds. The molecule has 0 radical (unpaired) electrons. The number of nitrogens with zero attached hydrogens (tertiary/aromatic N) is 1. The first-order valence-electron chi connectivity index (χ1n) is 5.17. The molecule has 1 heterocycles. The average molecular weight is 280 g/mol. The molecule has 5 nitrogen and oxygen atoms in total. The number of methoxy groups -OCH3 is 1. The van der Waals surface area contributed by atoms with Crippen molar-refractivity contribution in [2.24, 2.45) is 5.73 Å². The van der Waals surface area contributed by atoms with E-state index in [1.807, 2.05) is 12.3 Å². The Balaban J connectivity index is 0.00000256. The van der Waals surface area contributed by atoms with E-state index in [0.717, 1.165) is 12.1 Å². The van der Waals surface area contributed by atoms with Crippen LogP contribution >= 0.6 is 23.7 Å². The van der Waals surface area contributed by atoms with Gasteiger partial charge in [-0.05, 0) is 6.42 Å². The van der Waals surface area contributed by atoms with Gasteiger partial charge in [-0.1, -0.05) is 13.3 Å². The number of rotatable bonds is 6. The van der Waals surface area contributed by atoms with Crippen molar-refractivity contribution in [2.75, 3.05) is 12.4 Å². The third-order valence-corrected chi connectivity index (χ3v) is 2.82. The summed E-state index contributed by atoms with van der Waals surface area (Å²) in [6.07, 6.45) is 1.57. The highest BCUT2D eigenvalue weighted by atomic mass is 35.5. The van der Waals surface area contributed by atoms with E-state index < -0.39 is 6.04 Å². The largest absolute Gasteiger partial charge is 0.378 e. The number of hydrogen-bond donors (Lipinski definition) is 2. The van der Waals surface area contributed by atoms with Crippen LogP contribution in [0.15, 0.2) is 5.38 Å². The maximum atomic E-state index is 11.6. The van der Waals surface area contributed by atoms with Gasteiger partial charge in [0.25, 0.3) is 0 Å². The first-order chi connectivity index (χ1) is 7.67. The van der Waals surface area contributed by atoms with Gasteiger partial charge in [-0.3, -0.25) is 4.79 Å². The molecule has 17 heavy (non-hydrogen) atoms. The summed E-state index contributed by atoms with van der Waals surface area (Å²) in [6.45, 7) is 2.45. The normalized spacial score (nSPS) is 11.7. The molecule has 0 fully saturated rings. The van der Waals surface area contributed by atoms with Gasteiger partial charge < -0.3 is 15.8 Å². The lowest BCUT2D eigenvalue weighted by Crippen LogP contribution is -2.35. The molecule has 0 aliphatic rings. The van der Waals surface area contributed by atoms with Crippen molar-refractivity contribution in [2.45, 2.75) is 32.4 Å². The fourth-order valence-electron chi connectivity index (χ4n) is 1.22. The van der Waals surface area contributed by atoms with E-state index in [9.17, 15) is 4.79 Å². The van der Waals surface area contributed by atoms with E-state index in [2.05, 4.69) is 10.3 Å². The molecule has 1 atom stereocenters. The molecule has 98 valence electrons. The Kier molecular flexibility index (Phi) is 8.07. The highest BCUT2D eigenvalue weighted by molar-refractivity contribution is 7.13. The van der Waals surface area contributed by atoms with Crippen molar-refractivity contribution in [1.82, 2.24) is 4.98 Å². The zero-order valence-corrected chi connectivity index (χ0v) is 11.6. The maximum Gasteiger partial charge on any atom is 0.243 e. The number of nitrogens with two attached hydrogens (primary N) is 1. The topological polar surface area (TPSA) is 77.2 Å². The molecule has 0 aliphatic heterocycles. The molecule has 0 spiro atoms. The average Bonchev–Trinajstić information content (AvgIpc) is 2.66. The van der Waals surface area contributed by atoms with Gasteiger partial charge in [0.15, 0.2) is 5.13 Å². The standard InChI is InChI=1S/C10H17N3O2S.ClH/c1-3-4-8(11)9(14)13-10-12-7(5-15-2)6-16-10;/h6,8H,3-5,11H2,1-2H3,(H,12,13,14);1H. The molecule has 3 N–H and O–H groups in total. The van der Waals surface area contributed by atoms with Crippen molar-refractivity contribution < 1.29 is 9.53 Å². The highest BCUT2D eigenvalue weighted by Crippen LogP contribution is 2.16. The minimum atomic E-state index is -0.459. The molecule has 0 saturated heterocycles. The van der Waals surface area contributed by atoms with Crippen LogP contribution in [0, 0.1) is 0 Å². The van der Waals surface area contributed by atoms with Crippen molar-refractivity contribution in [3.63, 3.8) is 0 Å². The van der Waals surface area contributed by atoms with Crippen LogP contribution in [0.5, 0.6) is 0 Å².